The van der Waals surface area contributed by atoms with E-state index in [1.54, 1.807) is 0 Å². The fraction of sp³-hybridized carbons (Fsp3) is 0.333. The summed E-state index contributed by atoms with van der Waals surface area (Å²) in [4.78, 5) is 0. The summed E-state index contributed by atoms with van der Waals surface area (Å²) in [5, 5.41) is 0. The number of hydrogen-bond acceptors (Lipinski definition) is 0. The molecule has 0 nitrogen and oxygen atoms in total. The first-order valence-corrected chi connectivity index (χ1v) is 17.6. The minimum absolute atomic E-state index is 0.722. The first-order chi connectivity index (χ1) is 13.9. The predicted molar refractivity (Wildman–Crippen MR) is 135 cm³/mol. The van der Waals surface area contributed by atoms with Crippen LogP contribution >= 0.6 is 0 Å². The molecule has 0 aliphatic carbocycles. The molecule has 3 aromatic rings. The molecule has 152 valence electrons. The summed E-state index contributed by atoms with van der Waals surface area (Å²) in [6.07, 6.45) is 0. The summed E-state index contributed by atoms with van der Waals surface area (Å²) in [5.41, 5.74) is 0. The molecule has 0 aliphatic rings. The molecule has 2 radical (unpaired) electrons. The van der Waals surface area contributed by atoms with E-state index in [2.05, 4.69) is 133 Å². The predicted octanol–water partition coefficient (Wildman–Crippen LogP) is 5.91. The first-order valence-electron chi connectivity index (χ1n) is 10.8. The van der Waals surface area contributed by atoms with Gasteiger partial charge in [0.1, 0.15) is 0 Å². The Bertz CT molecular complexity index is 683. The number of benzene rings is 3. The van der Waals surface area contributed by atoms with Crippen LogP contribution in [0.25, 0.3) is 0 Å². The molecule has 2 heteroatoms. The van der Waals surface area contributed by atoms with Gasteiger partial charge in [-0.15, -0.1) is 0 Å². The van der Waals surface area contributed by atoms with E-state index in [4.69, 9.17) is 0 Å². The minimum atomic E-state index is -1.63. The summed E-state index contributed by atoms with van der Waals surface area (Å²) in [5.74, 6) is 0. The molecule has 0 aliphatic heterocycles. The van der Waals surface area contributed by atoms with Gasteiger partial charge in [0.05, 0.1) is 0 Å². The fourth-order valence-electron chi connectivity index (χ4n) is 4.31. The average Bonchev–Trinajstić information content (AvgIpc) is 2.70. The van der Waals surface area contributed by atoms with Gasteiger partial charge in [0.15, 0.2) is 0 Å². The van der Waals surface area contributed by atoms with Crippen molar-refractivity contribution in [1.82, 2.24) is 0 Å². The molecule has 29 heavy (non-hydrogen) atoms. The van der Waals surface area contributed by atoms with Crippen LogP contribution in [0.4, 0.5) is 0 Å². The molecule has 0 amide bonds. The van der Waals surface area contributed by atoms with E-state index in [-0.39, 0.29) is 0 Å². The molecule has 0 saturated heterocycles. The van der Waals surface area contributed by atoms with Crippen molar-refractivity contribution in [2.75, 3.05) is 0 Å². The Labute approximate surface area is 188 Å². The average molecular weight is 506 g/mol. The standard InChI is InChI=1S/C18H15Ge.C9H21Ge/c1-4-10-16(11-5-1)19(17-12-6-2-7-13-17)18-14-8-3-9-15-18;1-7(2)10(8(3)4)9(5)6/h1-15H;7-9H,1-6H3. The first kappa shape index (κ1) is 24.0. The molecule has 3 aromatic carbocycles. The molecule has 0 unspecified atom stereocenters. The van der Waals surface area contributed by atoms with Gasteiger partial charge in [-0.3, -0.25) is 0 Å². The molecule has 0 fully saturated rings. The van der Waals surface area contributed by atoms with Crippen molar-refractivity contribution in [2.24, 2.45) is 0 Å². The van der Waals surface area contributed by atoms with Crippen molar-refractivity contribution < 1.29 is 0 Å². The molecule has 0 aromatic heterocycles. The molecule has 3 rings (SSSR count). The molecule has 0 N–H and O–H groups in total. The van der Waals surface area contributed by atoms with Crippen molar-refractivity contribution in [3.05, 3.63) is 91.0 Å². The maximum absolute atomic E-state index is 2.40. The van der Waals surface area contributed by atoms with Gasteiger partial charge in [-0.25, -0.2) is 0 Å². The van der Waals surface area contributed by atoms with Crippen molar-refractivity contribution >= 4 is 41.9 Å². The molecular formula is C27H36Ge2. The van der Waals surface area contributed by atoms with Crippen LogP contribution in [0.15, 0.2) is 91.0 Å². The van der Waals surface area contributed by atoms with Gasteiger partial charge in [-0.05, 0) is 0 Å². The molecular weight excluding hydrogens is 470 g/mol. The summed E-state index contributed by atoms with van der Waals surface area (Å²) in [7, 11) is 0. The van der Waals surface area contributed by atoms with E-state index in [0.29, 0.717) is 0 Å². The molecule has 0 bridgehead atoms. The van der Waals surface area contributed by atoms with E-state index >= 15 is 0 Å². The van der Waals surface area contributed by atoms with E-state index in [1.165, 1.54) is 13.2 Å². The Kier molecular flexibility index (Phi) is 10.3. The molecule has 0 spiro atoms. The summed E-state index contributed by atoms with van der Waals surface area (Å²) >= 11 is -2.35. The monoisotopic (exact) mass is 508 g/mol. The van der Waals surface area contributed by atoms with Crippen LogP contribution in [0.3, 0.4) is 0 Å². The second-order valence-electron chi connectivity index (χ2n) is 8.44. The van der Waals surface area contributed by atoms with Crippen LogP contribution in [0.5, 0.6) is 0 Å². The SMILES string of the molecule is C[CH](C)[Ge]([CH](C)C)[CH](C)C.c1cc[c]([Ge]([c]2ccccc2)[c]2ccccc2)cc1. The molecule has 0 atom stereocenters. The van der Waals surface area contributed by atoms with Crippen molar-refractivity contribution in [2.45, 2.75) is 55.8 Å². The summed E-state index contributed by atoms with van der Waals surface area (Å²) in [6, 6.07) is 32.8. The van der Waals surface area contributed by atoms with E-state index in [0.717, 1.165) is 14.3 Å². The molecule has 0 heterocycles. The van der Waals surface area contributed by atoms with Gasteiger partial charge in [0, 0.05) is 0 Å². The number of rotatable bonds is 6. The van der Waals surface area contributed by atoms with E-state index < -0.39 is 28.7 Å². The van der Waals surface area contributed by atoms with E-state index in [1.807, 2.05) is 0 Å². The van der Waals surface area contributed by atoms with Crippen LogP contribution in [0.2, 0.25) is 14.3 Å². The normalized spacial score (nSPS) is 11.3. The van der Waals surface area contributed by atoms with Crippen molar-refractivity contribution in [3.8, 4) is 0 Å². The zero-order valence-corrected chi connectivity index (χ0v) is 23.1. The van der Waals surface area contributed by atoms with Crippen LogP contribution < -0.4 is 13.2 Å². The van der Waals surface area contributed by atoms with Crippen molar-refractivity contribution in [1.29, 1.82) is 0 Å². The maximum atomic E-state index is 2.40. The third-order valence-electron chi connectivity index (χ3n) is 5.19. The third kappa shape index (κ3) is 7.49. The van der Waals surface area contributed by atoms with Gasteiger partial charge in [0.25, 0.3) is 0 Å². The second-order valence-corrected chi connectivity index (χ2v) is 23.0. The van der Waals surface area contributed by atoms with Crippen molar-refractivity contribution in [3.63, 3.8) is 0 Å². The van der Waals surface area contributed by atoms with Gasteiger partial charge < -0.3 is 0 Å². The van der Waals surface area contributed by atoms with Gasteiger partial charge in [-0.1, -0.05) is 0 Å². The quantitative estimate of drug-likeness (QED) is 0.365. The molecule has 0 saturated carbocycles. The third-order valence-corrected chi connectivity index (χ3v) is 19.3. The Balaban J connectivity index is 0.000000257. The second kappa shape index (κ2) is 12.4. The zero-order chi connectivity index (χ0) is 21.2. The van der Waals surface area contributed by atoms with Gasteiger partial charge in [0.2, 0.25) is 0 Å². The Hall–Kier alpha value is -1.25. The fourth-order valence-corrected chi connectivity index (χ4v) is 18.1. The van der Waals surface area contributed by atoms with Crippen LogP contribution in [-0.4, -0.2) is 28.7 Å². The van der Waals surface area contributed by atoms with Crippen LogP contribution in [0, 0.1) is 0 Å². The topological polar surface area (TPSA) is 0 Å². The Morgan fingerprint density at radius 3 is 0.828 bits per heavy atom. The van der Waals surface area contributed by atoms with Crippen LogP contribution in [0.1, 0.15) is 41.5 Å². The van der Waals surface area contributed by atoms with E-state index in [9.17, 15) is 0 Å². The van der Waals surface area contributed by atoms with Gasteiger partial charge in [-0.2, -0.15) is 0 Å². The Morgan fingerprint density at radius 1 is 0.414 bits per heavy atom. The van der Waals surface area contributed by atoms with Crippen LogP contribution in [-0.2, 0) is 0 Å². The van der Waals surface area contributed by atoms with Gasteiger partial charge >= 0.3 is 189 Å². The Morgan fingerprint density at radius 2 is 0.655 bits per heavy atom. The zero-order valence-electron chi connectivity index (χ0n) is 18.9. The summed E-state index contributed by atoms with van der Waals surface area (Å²) in [6.45, 7) is 14.4. The number of hydrogen-bond donors (Lipinski definition) is 0. The summed E-state index contributed by atoms with van der Waals surface area (Å²) < 4.78 is 7.50.